The molecule has 0 unspecified atom stereocenters. The van der Waals surface area contributed by atoms with E-state index in [9.17, 15) is 0 Å². The number of rotatable bonds is 9. The molecular weight excluding hydrogens is 178 g/mol. The van der Waals surface area contributed by atoms with Gasteiger partial charge in [0.2, 0.25) is 0 Å². The third-order valence-electron chi connectivity index (χ3n) is 2.27. The lowest BCUT2D eigenvalue weighted by molar-refractivity contribution is 0.122. The Bertz CT molecular complexity index is 118. The molecule has 0 aromatic heterocycles. The Hall–Kier alpha value is -0.120. The van der Waals surface area contributed by atoms with Crippen molar-refractivity contribution < 1.29 is 9.84 Å². The fourth-order valence-corrected chi connectivity index (χ4v) is 1.42. The van der Waals surface area contributed by atoms with Crippen LogP contribution in [0, 0.1) is 0 Å². The van der Waals surface area contributed by atoms with Crippen molar-refractivity contribution in [2.24, 2.45) is 0 Å². The first-order valence-corrected chi connectivity index (χ1v) is 5.65. The summed E-state index contributed by atoms with van der Waals surface area (Å²) in [5.74, 6) is 0. The van der Waals surface area contributed by atoms with Crippen LogP contribution in [0.3, 0.4) is 0 Å². The van der Waals surface area contributed by atoms with E-state index in [1.54, 1.807) is 0 Å². The Morgan fingerprint density at radius 3 is 2.36 bits per heavy atom. The lowest BCUT2D eigenvalue weighted by Gasteiger charge is -2.25. The van der Waals surface area contributed by atoms with Gasteiger partial charge >= 0.3 is 0 Å². The van der Waals surface area contributed by atoms with E-state index < -0.39 is 0 Å². The van der Waals surface area contributed by atoms with Crippen LogP contribution in [0.5, 0.6) is 0 Å². The van der Waals surface area contributed by atoms with E-state index in [1.165, 1.54) is 0 Å². The topological polar surface area (TPSA) is 32.7 Å². The SMILES string of the molecule is CCOCCCN(CCCO)C(C)C. The maximum Gasteiger partial charge on any atom is 0.0478 e. The molecule has 0 aliphatic rings. The van der Waals surface area contributed by atoms with Gasteiger partial charge in [-0.1, -0.05) is 0 Å². The Balaban J connectivity index is 3.52. The third-order valence-corrected chi connectivity index (χ3v) is 2.27. The fourth-order valence-electron chi connectivity index (χ4n) is 1.42. The van der Waals surface area contributed by atoms with Gasteiger partial charge < -0.3 is 14.7 Å². The number of ether oxygens (including phenoxy) is 1. The highest BCUT2D eigenvalue weighted by Gasteiger charge is 2.07. The quantitative estimate of drug-likeness (QED) is 0.577. The van der Waals surface area contributed by atoms with Crippen LogP contribution < -0.4 is 0 Å². The summed E-state index contributed by atoms with van der Waals surface area (Å²) in [4.78, 5) is 2.38. The van der Waals surface area contributed by atoms with Crippen LogP contribution in [-0.4, -0.2) is 49.0 Å². The first kappa shape index (κ1) is 13.9. The average molecular weight is 203 g/mol. The van der Waals surface area contributed by atoms with Gasteiger partial charge in [-0.05, 0) is 33.6 Å². The van der Waals surface area contributed by atoms with Gasteiger partial charge in [-0.15, -0.1) is 0 Å². The maximum atomic E-state index is 8.76. The average Bonchev–Trinajstić information content (AvgIpc) is 2.16. The van der Waals surface area contributed by atoms with Crippen molar-refractivity contribution in [3.63, 3.8) is 0 Å². The molecule has 1 N–H and O–H groups in total. The van der Waals surface area contributed by atoms with E-state index >= 15 is 0 Å². The normalized spacial score (nSPS) is 11.6. The van der Waals surface area contributed by atoms with E-state index in [0.29, 0.717) is 6.04 Å². The largest absolute Gasteiger partial charge is 0.396 e. The second-order valence-electron chi connectivity index (χ2n) is 3.76. The van der Waals surface area contributed by atoms with Crippen LogP contribution in [0.15, 0.2) is 0 Å². The summed E-state index contributed by atoms with van der Waals surface area (Å²) >= 11 is 0. The fraction of sp³-hybridized carbons (Fsp3) is 1.00. The van der Waals surface area contributed by atoms with Gasteiger partial charge in [0, 0.05) is 39.0 Å². The molecule has 14 heavy (non-hydrogen) atoms. The second-order valence-corrected chi connectivity index (χ2v) is 3.76. The van der Waals surface area contributed by atoms with Crippen LogP contribution in [0.1, 0.15) is 33.6 Å². The summed E-state index contributed by atoms with van der Waals surface area (Å²) in [5.41, 5.74) is 0. The lowest BCUT2D eigenvalue weighted by atomic mass is 10.2. The zero-order chi connectivity index (χ0) is 10.8. The van der Waals surface area contributed by atoms with Crippen molar-refractivity contribution >= 4 is 0 Å². The maximum absolute atomic E-state index is 8.76. The Labute approximate surface area is 88.1 Å². The van der Waals surface area contributed by atoms with Gasteiger partial charge in [-0.3, -0.25) is 0 Å². The van der Waals surface area contributed by atoms with Crippen LogP contribution in [0.4, 0.5) is 0 Å². The third kappa shape index (κ3) is 7.30. The number of hydrogen-bond acceptors (Lipinski definition) is 3. The Morgan fingerprint density at radius 2 is 1.86 bits per heavy atom. The number of hydrogen-bond donors (Lipinski definition) is 1. The number of aliphatic hydroxyl groups excluding tert-OH is 1. The molecule has 0 saturated carbocycles. The highest BCUT2D eigenvalue weighted by Crippen LogP contribution is 2.01. The summed E-state index contributed by atoms with van der Waals surface area (Å²) in [6, 6.07) is 0.558. The van der Waals surface area contributed by atoms with E-state index in [-0.39, 0.29) is 6.61 Å². The Morgan fingerprint density at radius 1 is 1.21 bits per heavy atom. The highest BCUT2D eigenvalue weighted by molar-refractivity contribution is 4.62. The predicted octanol–water partition coefficient (Wildman–Crippen LogP) is 1.51. The standard InChI is InChI=1S/C11H25NO2/c1-4-14-10-6-8-12(11(2)3)7-5-9-13/h11,13H,4-10H2,1-3H3. The summed E-state index contributed by atoms with van der Waals surface area (Å²) in [5, 5.41) is 8.76. The zero-order valence-corrected chi connectivity index (χ0v) is 9.83. The first-order valence-electron chi connectivity index (χ1n) is 5.65. The molecule has 0 spiro atoms. The monoisotopic (exact) mass is 203 g/mol. The van der Waals surface area contributed by atoms with Gasteiger partial charge in [0.25, 0.3) is 0 Å². The molecule has 0 aromatic carbocycles. The number of aliphatic hydroxyl groups is 1. The van der Waals surface area contributed by atoms with Crippen molar-refractivity contribution in [3.05, 3.63) is 0 Å². The molecular formula is C11H25NO2. The lowest BCUT2D eigenvalue weighted by Crippen LogP contribution is -2.33. The minimum absolute atomic E-state index is 0.286. The minimum atomic E-state index is 0.286. The summed E-state index contributed by atoms with van der Waals surface area (Å²) < 4.78 is 5.29. The van der Waals surface area contributed by atoms with Crippen molar-refractivity contribution in [3.8, 4) is 0 Å². The van der Waals surface area contributed by atoms with Gasteiger partial charge in [0.1, 0.15) is 0 Å². The molecule has 0 bridgehead atoms. The van der Waals surface area contributed by atoms with Crippen molar-refractivity contribution in [2.75, 3.05) is 32.9 Å². The minimum Gasteiger partial charge on any atom is -0.396 e. The van der Waals surface area contributed by atoms with Crippen molar-refractivity contribution in [2.45, 2.75) is 39.7 Å². The molecule has 0 radical (unpaired) electrons. The van der Waals surface area contributed by atoms with Crippen LogP contribution in [0.25, 0.3) is 0 Å². The van der Waals surface area contributed by atoms with Crippen LogP contribution >= 0.6 is 0 Å². The molecule has 3 heteroatoms. The molecule has 0 heterocycles. The molecule has 86 valence electrons. The molecule has 3 nitrogen and oxygen atoms in total. The van der Waals surface area contributed by atoms with E-state index in [0.717, 1.165) is 39.1 Å². The van der Waals surface area contributed by atoms with Gasteiger partial charge in [0.05, 0.1) is 0 Å². The van der Waals surface area contributed by atoms with Crippen LogP contribution in [-0.2, 0) is 4.74 Å². The Kier molecular flexibility index (Phi) is 9.35. The smallest absolute Gasteiger partial charge is 0.0478 e. The summed E-state index contributed by atoms with van der Waals surface area (Å²) in [6.07, 6.45) is 1.95. The molecule has 0 aliphatic carbocycles. The summed E-state index contributed by atoms with van der Waals surface area (Å²) in [6.45, 7) is 10.4. The molecule has 0 amide bonds. The zero-order valence-electron chi connectivity index (χ0n) is 9.83. The number of nitrogens with zero attached hydrogens (tertiary/aromatic N) is 1. The van der Waals surface area contributed by atoms with Gasteiger partial charge in [-0.25, -0.2) is 0 Å². The van der Waals surface area contributed by atoms with E-state index in [4.69, 9.17) is 9.84 Å². The van der Waals surface area contributed by atoms with E-state index in [1.807, 2.05) is 6.92 Å². The van der Waals surface area contributed by atoms with Gasteiger partial charge in [-0.2, -0.15) is 0 Å². The molecule has 0 saturated heterocycles. The highest BCUT2D eigenvalue weighted by atomic mass is 16.5. The first-order chi connectivity index (χ1) is 6.72. The summed E-state index contributed by atoms with van der Waals surface area (Å²) in [7, 11) is 0. The van der Waals surface area contributed by atoms with E-state index in [2.05, 4.69) is 18.7 Å². The van der Waals surface area contributed by atoms with Crippen molar-refractivity contribution in [1.82, 2.24) is 4.90 Å². The van der Waals surface area contributed by atoms with Crippen molar-refractivity contribution in [1.29, 1.82) is 0 Å². The predicted molar refractivity (Wildman–Crippen MR) is 59.5 cm³/mol. The van der Waals surface area contributed by atoms with Gasteiger partial charge in [0.15, 0.2) is 0 Å². The molecule has 0 fully saturated rings. The van der Waals surface area contributed by atoms with Crippen LogP contribution in [0.2, 0.25) is 0 Å². The molecule has 0 atom stereocenters. The molecule has 0 aromatic rings. The molecule has 0 rings (SSSR count). The second kappa shape index (κ2) is 9.44. The molecule has 0 aliphatic heterocycles.